The Bertz CT molecular complexity index is 730. The van der Waals surface area contributed by atoms with Crippen LogP contribution >= 0.6 is 0 Å². The van der Waals surface area contributed by atoms with Gasteiger partial charge in [0.25, 0.3) is 0 Å². The highest BCUT2D eigenvalue weighted by Crippen LogP contribution is 2.42. The minimum absolute atomic E-state index is 0.0999. The molecule has 4 aliphatic rings. The number of likely N-dealkylation sites (tertiary alicyclic amines) is 1. The molecule has 2 amide bonds. The largest absolute Gasteiger partial charge is 0.342 e. The van der Waals surface area contributed by atoms with E-state index in [0.29, 0.717) is 23.8 Å². The van der Waals surface area contributed by atoms with Crippen LogP contribution in [0.5, 0.6) is 0 Å². The number of amides is 2. The van der Waals surface area contributed by atoms with Crippen molar-refractivity contribution in [2.24, 2.45) is 11.8 Å². The molecule has 144 valence electrons. The van der Waals surface area contributed by atoms with Crippen molar-refractivity contribution < 1.29 is 9.59 Å². The third kappa shape index (κ3) is 3.39. The highest BCUT2D eigenvalue weighted by molar-refractivity contribution is 5.83. The first-order valence-corrected chi connectivity index (χ1v) is 10.9. The summed E-state index contributed by atoms with van der Waals surface area (Å²) in [6.07, 6.45) is 9.53. The summed E-state index contributed by atoms with van der Waals surface area (Å²) in [5.74, 6) is 1.08. The SMILES string of the molecule is O=C(C1CC1)N1CCC(C(=O)N(C2CC2)C2CCCc3ccccc32)CC1. The maximum absolute atomic E-state index is 13.5. The van der Waals surface area contributed by atoms with E-state index in [1.54, 1.807) is 0 Å². The Balaban J connectivity index is 1.30. The molecule has 3 fully saturated rings. The fourth-order valence-electron chi connectivity index (χ4n) is 5.10. The molecule has 0 N–H and O–H groups in total. The van der Waals surface area contributed by atoms with Crippen LogP contribution < -0.4 is 0 Å². The summed E-state index contributed by atoms with van der Waals surface area (Å²) in [6, 6.07) is 9.42. The molecule has 1 aliphatic heterocycles. The number of piperidine rings is 1. The topological polar surface area (TPSA) is 40.6 Å². The Hall–Kier alpha value is -1.84. The van der Waals surface area contributed by atoms with E-state index < -0.39 is 0 Å². The van der Waals surface area contributed by atoms with Crippen LogP contribution in [0, 0.1) is 11.8 Å². The molecule has 1 aromatic rings. The summed E-state index contributed by atoms with van der Waals surface area (Å²) in [6.45, 7) is 1.54. The lowest BCUT2D eigenvalue weighted by atomic mass is 9.85. The van der Waals surface area contributed by atoms with E-state index in [4.69, 9.17) is 0 Å². The number of hydrogen-bond donors (Lipinski definition) is 0. The van der Waals surface area contributed by atoms with Crippen LogP contribution in [-0.2, 0) is 16.0 Å². The van der Waals surface area contributed by atoms with Crippen molar-refractivity contribution in [3.63, 3.8) is 0 Å². The minimum Gasteiger partial charge on any atom is -0.342 e. The molecule has 27 heavy (non-hydrogen) atoms. The predicted octanol–water partition coefficient (Wildman–Crippen LogP) is 3.70. The van der Waals surface area contributed by atoms with Gasteiger partial charge < -0.3 is 9.80 Å². The molecule has 1 heterocycles. The fourth-order valence-corrected chi connectivity index (χ4v) is 5.10. The molecule has 0 aromatic heterocycles. The smallest absolute Gasteiger partial charge is 0.226 e. The molecular weight excluding hydrogens is 336 g/mol. The van der Waals surface area contributed by atoms with Crippen molar-refractivity contribution in [3.8, 4) is 0 Å². The standard InChI is InChI=1S/C23H30N2O2/c26-22(17-8-9-17)24-14-12-18(13-15-24)23(27)25(19-10-11-19)21-7-3-5-16-4-1-2-6-20(16)21/h1-2,4,6,17-19,21H,3,5,7-15H2. The number of hydrogen-bond acceptors (Lipinski definition) is 2. The van der Waals surface area contributed by atoms with Crippen LogP contribution in [0.25, 0.3) is 0 Å². The highest BCUT2D eigenvalue weighted by atomic mass is 16.2. The second kappa shape index (κ2) is 6.96. The second-order valence-electron chi connectivity index (χ2n) is 8.96. The minimum atomic E-state index is 0.0999. The summed E-state index contributed by atoms with van der Waals surface area (Å²) in [4.78, 5) is 30.1. The molecule has 3 aliphatic carbocycles. The quantitative estimate of drug-likeness (QED) is 0.815. The van der Waals surface area contributed by atoms with Gasteiger partial charge in [0.1, 0.15) is 0 Å². The van der Waals surface area contributed by atoms with Gasteiger partial charge in [0.2, 0.25) is 11.8 Å². The van der Waals surface area contributed by atoms with Gasteiger partial charge in [-0.2, -0.15) is 0 Å². The lowest BCUT2D eigenvalue weighted by Crippen LogP contribution is -2.47. The van der Waals surface area contributed by atoms with E-state index in [9.17, 15) is 9.59 Å². The van der Waals surface area contributed by atoms with Crippen molar-refractivity contribution in [2.45, 2.75) is 69.9 Å². The molecule has 4 heteroatoms. The van der Waals surface area contributed by atoms with Gasteiger partial charge in [-0.3, -0.25) is 9.59 Å². The summed E-state index contributed by atoms with van der Waals surface area (Å²) in [5.41, 5.74) is 2.81. The molecule has 4 nitrogen and oxygen atoms in total. The van der Waals surface area contributed by atoms with Crippen LogP contribution in [-0.4, -0.2) is 40.7 Å². The van der Waals surface area contributed by atoms with Crippen molar-refractivity contribution in [1.29, 1.82) is 0 Å². The predicted molar refractivity (Wildman–Crippen MR) is 104 cm³/mol. The molecule has 5 rings (SSSR count). The zero-order valence-corrected chi connectivity index (χ0v) is 16.1. The molecule has 1 saturated heterocycles. The summed E-state index contributed by atoms with van der Waals surface area (Å²) >= 11 is 0. The third-order valence-corrected chi connectivity index (χ3v) is 6.95. The van der Waals surface area contributed by atoms with Gasteiger partial charge in [0, 0.05) is 31.0 Å². The van der Waals surface area contributed by atoms with Crippen LogP contribution in [0.1, 0.15) is 68.5 Å². The first kappa shape index (κ1) is 17.3. The Labute approximate surface area is 161 Å². The van der Waals surface area contributed by atoms with Crippen molar-refractivity contribution >= 4 is 11.8 Å². The van der Waals surface area contributed by atoms with E-state index in [2.05, 4.69) is 29.2 Å². The summed E-state index contributed by atoms with van der Waals surface area (Å²) in [7, 11) is 0. The maximum Gasteiger partial charge on any atom is 0.226 e. The van der Waals surface area contributed by atoms with Crippen molar-refractivity contribution in [1.82, 2.24) is 9.80 Å². The van der Waals surface area contributed by atoms with Gasteiger partial charge in [-0.05, 0) is 68.9 Å². The van der Waals surface area contributed by atoms with Crippen LogP contribution in [0.3, 0.4) is 0 Å². The van der Waals surface area contributed by atoms with Gasteiger partial charge in [0.15, 0.2) is 0 Å². The number of carbonyl (C=O) groups excluding carboxylic acids is 2. The summed E-state index contributed by atoms with van der Waals surface area (Å²) in [5, 5.41) is 0. The Morgan fingerprint density at radius 1 is 0.889 bits per heavy atom. The van der Waals surface area contributed by atoms with Crippen molar-refractivity contribution in [3.05, 3.63) is 35.4 Å². The highest BCUT2D eigenvalue weighted by Gasteiger charge is 2.43. The van der Waals surface area contributed by atoms with Gasteiger partial charge in [-0.15, -0.1) is 0 Å². The van der Waals surface area contributed by atoms with Gasteiger partial charge in [-0.1, -0.05) is 24.3 Å². The first-order chi connectivity index (χ1) is 13.2. The first-order valence-electron chi connectivity index (χ1n) is 10.9. The van der Waals surface area contributed by atoms with Crippen molar-refractivity contribution in [2.75, 3.05) is 13.1 Å². The van der Waals surface area contributed by atoms with E-state index in [1.165, 1.54) is 17.5 Å². The van der Waals surface area contributed by atoms with Gasteiger partial charge in [0.05, 0.1) is 6.04 Å². The molecule has 1 unspecified atom stereocenters. The maximum atomic E-state index is 13.5. The van der Waals surface area contributed by atoms with Crippen LogP contribution in [0.15, 0.2) is 24.3 Å². The number of fused-ring (bicyclic) bond motifs is 1. The van der Waals surface area contributed by atoms with Crippen LogP contribution in [0.2, 0.25) is 0 Å². The molecule has 0 bridgehead atoms. The third-order valence-electron chi connectivity index (χ3n) is 6.95. The molecule has 1 atom stereocenters. The zero-order chi connectivity index (χ0) is 18.4. The molecule has 0 spiro atoms. The Morgan fingerprint density at radius 2 is 1.63 bits per heavy atom. The number of rotatable bonds is 4. The second-order valence-corrected chi connectivity index (χ2v) is 8.96. The number of aryl methyl sites for hydroxylation is 1. The van der Waals surface area contributed by atoms with E-state index in [0.717, 1.165) is 64.5 Å². The molecule has 1 aromatic carbocycles. The Morgan fingerprint density at radius 3 is 2.33 bits per heavy atom. The fraction of sp³-hybridized carbons (Fsp3) is 0.652. The lowest BCUT2D eigenvalue weighted by molar-refractivity contribution is -0.144. The van der Waals surface area contributed by atoms with E-state index in [-0.39, 0.29) is 12.0 Å². The average Bonchev–Trinajstić information content (AvgIpc) is 3.61. The number of carbonyl (C=O) groups is 2. The molecular formula is C23H30N2O2. The van der Waals surface area contributed by atoms with E-state index in [1.807, 2.05) is 4.90 Å². The lowest BCUT2D eigenvalue weighted by Gasteiger charge is -2.40. The number of nitrogens with zero attached hydrogens (tertiary/aromatic N) is 2. The normalized spacial score (nSPS) is 25.8. The molecule has 0 radical (unpaired) electrons. The summed E-state index contributed by atoms with van der Waals surface area (Å²) < 4.78 is 0. The molecule has 2 saturated carbocycles. The van der Waals surface area contributed by atoms with E-state index >= 15 is 0 Å². The number of benzene rings is 1. The van der Waals surface area contributed by atoms with Gasteiger partial charge in [-0.25, -0.2) is 0 Å². The zero-order valence-electron chi connectivity index (χ0n) is 16.1. The Kier molecular flexibility index (Phi) is 4.45. The average molecular weight is 367 g/mol. The van der Waals surface area contributed by atoms with Gasteiger partial charge >= 0.3 is 0 Å². The van der Waals surface area contributed by atoms with Crippen LogP contribution in [0.4, 0.5) is 0 Å². The monoisotopic (exact) mass is 366 g/mol.